The smallest absolute Gasteiger partial charge is 0.121 e. The molecule has 3 N–H and O–H groups in total. The fourth-order valence-electron chi connectivity index (χ4n) is 2.27. The van der Waals surface area contributed by atoms with Gasteiger partial charge in [0.15, 0.2) is 0 Å². The van der Waals surface area contributed by atoms with Crippen LogP contribution in [0.3, 0.4) is 0 Å². The van der Waals surface area contributed by atoms with Crippen molar-refractivity contribution >= 4 is 5.69 Å². The van der Waals surface area contributed by atoms with E-state index in [1.165, 1.54) is 5.57 Å². The molecule has 0 heterocycles. The van der Waals surface area contributed by atoms with Gasteiger partial charge in [-0.2, -0.15) is 0 Å². The molecule has 0 spiro atoms. The fraction of sp³-hybridized carbons (Fsp3) is 0.273. The molecule has 0 saturated heterocycles. The van der Waals surface area contributed by atoms with Gasteiger partial charge in [0.2, 0.25) is 0 Å². The molecule has 0 fully saturated rings. The number of anilines is 1. The summed E-state index contributed by atoms with van der Waals surface area (Å²) < 4.78 is 5.28. The van der Waals surface area contributed by atoms with Gasteiger partial charge >= 0.3 is 0 Å². The molecule has 0 radical (unpaired) electrons. The Bertz CT molecular complexity index is 707. The largest absolute Gasteiger partial charge is 0.496 e. The molecule has 0 atom stereocenters. The third kappa shape index (κ3) is 6.38. The Balaban J connectivity index is 3.02. The quantitative estimate of drug-likeness (QED) is 0.616. The van der Waals surface area contributed by atoms with E-state index in [0.29, 0.717) is 11.6 Å². The number of hydrogen-bond donors (Lipinski definition) is 2. The average molecular weight is 338 g/mol. The Morgan fingerprint density at radius 1 is 1.32 bits per heavy atom. The summed E-state index contributed by atoms with van der Waals surface area (Å²) in [4.78, 5) is 0. The van der Waals surface area contributed by atoms with E-state index >= 15 is 0 Å². The van der Waals surface area contributed by atoms with E-state index in [1.807, 2.05) is 44.2 Å². The lowest BCUT2D eigenvalue weighted by molar-refractivity contribution is 0.412. The zero-order valence-electron chi connectivity index (χ0n) is 16.0. The maximum absolute atomic E-state index is 6.24. The van der Waals surface area contributed by atoms with Gasteiger partial charge in [0.25, 0.3) is 0 Å². The zero-order valence-corrected chi connectivity index (χ0v) is 16.0. The number of benzene rings is 1. The lowest BCUT2D eigenvalue weighted by Crippen LogP contribution is -2.04. The number of hydrogen-bond acceptors (Lipinski definition) is 3. The van der Waals surface area contributed by atoms with Crippen LogP contribution in [-0.4, -0.2) is 7.11 Å². The van der Waals surface area contributed by atoms with Crippen LogP contribution in [0.2, 0.25) is 0 Å². The van der Waals surface area contributed by atoms with E-state index in [2.05, 4.69) is 37.9 Å². The molecule has 0 saturated carbocycles. The Kier molecular flexibility index (Phi) is 8.34. The van der Waals surface area contributed by atoms with Crippen LogP contribution >= 0.6 is 0 Å². The van der Waals surface area contributed by atoms with E-state index in [0.717, 1.165) is 22.6 Å². The lowest BCUT2D eigenvalue weighted by Gasteiger charge is -2.11. The molecule has 1 aromatic carbocycles. The summed E-state index contributed by atoms with van der Waals surface area (Å²) in [6.07, 6.45) is 11.8. The third-order valence-electron chi connectivity index (χ3n) is 3.81. The molecule has 0 aliphatic heterocycles. The standard InChI is InChI=1S/C22H30N2O/c1-7-9-10-19(16(3)4)14-18(8-2)21(23)15-24-20-11-12-22(25-6)17(5)13-20/h7-16,24H,2,23H2,1,3-6H3/b9-7-,18-14+,19-10-,21-15-. The topological polar surface area (TPSA) is 47.3 Å². The number of nitrogens with two attached hydrogens (primary N) is 1. The van der Waals surface area contributed by atoms with Crippen LogP contribution in [0.5, 0.6) is 5.75 Å². The minimum Gasteiger partial charge on any atom is -0.496 e. The Morgan fingerprint density at radius 3 is 2.56 bits per heavy atom. The normalized spacial score (nSPS) is 13.4. The molecule has 0 bridgehead atoms. The molecule has 134 valence electrons. The number of aryl methyl sites for hydroxylation is 1. The summed E-state index contributed by atoms with van der Waals surface area (Å²) in [5.74, 6) is 1.26. The Morgan fingerprint density at radius 2 is 2.04 bits per heavy atom. The van der Waals surface area contributed by atoms with E-state index in [4.69, 9.17) is 10.5 Å². The predicted molar refractivity (Wildman–Crippen MR) is 110 cm³/mol. The van der Waals surface area contributed by atoms with Crippen LogP contribution in [0.25, 0.3) is 0 Å². The van der Waals surface area contributed by atoms with Crippen LogP contribution in [0.15, 0.2) is 78.2 Å². The van der Waals surface area contributed by atoms with Gasteiger partial charge in [0.05, 0.1) is 12.8 Å². The highest BCUT2D eigenvalue weighted by Gasteiger charge is 2.04. The summed E-state index contributed by atoms with van der Waals surface area (Å²) in [5.41, 5.74) is 11.0. The molecule has 1 aromatic rings. The maximum Gasteiger partial charge on any atom is 0.121 e. The van der Waals surface area contributed by atoms with Crippen molar-refractivity contribution in [3.63, 3.8) is 0 Å². The SMILES string of the molecule is C=CC(=C\C(=C\C=C/C)C(C)C)/C(N)=C/Nc1ccc(OC)c(C)c1. The molecule has 25 heavy (non-hydrogen) atoms. The molecule has 0 aromatic heterocycles. The first-order chi connectivity index (χ1) is 11.9. The van der Waals surface area contributed by atoms with E-state index in [1.54, 1.807) is 19.4 Å². The Hall–Kier alpha value is -2.68. The fourth-order valence-corrected chi connectivity index (χ4v) is 2.27. The van der Waals surface area contributed by atoms with E-state index < -0.39 is 0 Å². The van der Waals surface area contributed by atoms with Gasteiger partial charge in [-0.05, 0) is 60.8 Å². The van der Waals surface area contributed by atoms with Gasteiger partial charge in [-0.25, -0.2) is 0 Å². The summed E-state index contributed by atoms with van der Waals surface area (Å²) in [7, 11) is 1.67. The van der Waals surface area contributed by atoms with Crippen molar-refractivity contribution in [1.82, 2.24) is 0 Å². The molecular formula is C22H30N2O. The highest BCUT2D eigenvalue weighted by molar-refractivity contribution is 5.54. The number of allylic oxidation sites excluding steroid dienone is 6. The van der Waals surface area contributed by atoms with Crippen molar-refractivity contribution in [3.05, 3.63) is 83.8 Å². The van der Waals surface area contributed by atoms with Gasteiger partial charge in [-0.15, -0.1) is 0 Å². The summed E-state index contributed by atoms with van der Waals surface area (Å²) in [6.45, 7) is 12.2. The molecule has 0 unspecified atom stereocenters. The predicted octanol–water partition coefficient (Wildman–Crippen LogP) is 5.49. The van der Waals surface area contributed by atoms with Gasteiger partial charge < -0.3 is 15.8 Å². The Labute approximate surface area is 152 Å². The second kappa shape index (κ2) is 10.2. The lowest BCUT2D eigenvalue weighted by atomic mass is 9.99. The average Bonchev–Trinajstić information content (AvgIpc) is 2.59. The van der Waals surface area contributed by atoms with Gasteiger partial charge in [0, 0.05) is 11.9 Å². The van der Waals surface area contributed by atoms with Crippen molar-refractivity contribution in [3.8, 4) is 5.75 Å². The summed E-state index contributed by atoms with van der Waals surface area (Å²) in [6, 6.07) is 5.91. The van der Waals surface area contributed by atoms with Crippen molar-refractivity contribution in [2.75, 3.05) is 12.4 Å². The van der Waals surface area contributed by atoms with Crippen molar-refractivity contribution in [2.45, 2.75) is 27.7 Å². The molecular weight excluding hydrogens is 308 g/mol. The first-order valence-electron chi connectivity index (χ1n) is 8.47. The van der Waals surface area contributed by atoms with E-state index in [-0.39, 0.29) is 0 Å². The highest BCUT2D eigenvalue weighted by atomic mass is 16.5. The van der Waals surface area contributed by atoms with Gasteiger partial charge in [-0.3, -0.25) is 0 Å². The first-order valence-corrected chi connectivity index (χ1v) is 8.47. The van der Waals surface area contributed by atoms with Crippen LogP contribution in [0.4, 0.5) is 5.69 Å². The van der Waals surface area contributed by atoms with Crippen molar-refractivity contribution in [1.29, 1.82) is 0 Å². The highest BCUT2D eigenvalue weighted by Crippen LogP contribution is 2.22. The first kappa shape index (κ1) is 20.4. The number of methoxy groups -OCH3 is 1. The van der Waals surface area contributed by atoms with Gasteiger partial charge in [-0.1, -0.05) is 44.7 Å². The number of nitrogens with one attached hydrogen (secondary N) is 1. The minimum absolute atomic E-state index is 0.399. The third-order valence-corrected chi connectivity index (χ3v) is 3.81. The summed E-state index contributed by atoms with van der Waals surface area (Å²) >= 11 is 0. The van der Waals surface area contributed by atoms with Crippen LogP contribution < -0.4 is 15.8 Å². The molecule has 3 nitrogen and oxygen atoms in total. The van der Waals surface area contributed by atoms with Crippen LogP contribution in [0, 0.1) is 12.8 Å². The van der Waals surface area contributed by atoms with E-state index in [9.17, 15) is 0 Å². The molecule has 0 aliphatic rings. The molecule has 0 aliphatic carbocycles. The van der Waals surface area contributed by atoms with Crippen LogP contribution in [0.1, 0.15) is 26.3 Å². The minimum atomic E-state index is 0.399. The second-order valence-corrected chi connectivity index (χ2v) is 6.08. The van der Waals surface area contributed by atoms with Gasteiger partial charge in [0.1, 0.15) is 5.75 Å². The number of rotatable bonds is 8. The number of ether oxygens (including phenoxy) is 1. The zero-order chi connectivity index (χ0) is 18.8. The maximum atomic E-state index is 6.24. The second-order valence-electron chi connectivity index (χ2n) is 6.08. The van der Waals surface area contributed by atoms with Crippen molar-refractivity contribution in [2.24, 2.45) is 11.7 Å². The molecule has 1 rings (SSSR count). The monoisotopic (exact) mass is 338 g/mol. The van der Waals surface area contributed by atoms with Crippen LogP contribution in [-0.2, 0) is 0 Å². The summed E-state index contributed by atoms with van der Waals surface area (Å²) in [5, 5.41) is 3.23. The van der Waals surface area contributed by atoms with Crippen molar-refractivity contribution < 1.29 is 4.74 Å². The molecule has 0 amide bonds. The molecule has 3 heteroatoms.